The van der Waals surface area contributed by atoms with Crippen molar-refractivity contribution in [2.24, 2.45) is 14.1 Å². The Hall–Kier alpha value is -4.25. The summed E-state index contributed by atoms with van der Waals surface area (Å²) in [5.41, 5.74) is 4.74. The second kappa shape index (κ2) is 9.25. The molecule has 1 saturated heterocycles. The maximum atomic E-state index is 12.9. The highest BCUT2D eigenvalue weighted by Crippen LogP contribution is 2.33. The molecular weight excluding hydrogens is 484 g/mol. The molecule has 11 nitrogen and oxygen atoms in total. The number of hydrogen-bond acceptors (Lipinski definition) is 8. The van der Waals surface area contributed by atoms with Gasteiger partial charge in [-0.3, -0.25) is 19.1 Å². The standard InChI is InChI=1S/C27H30N8O3/c1-16-18-15-29-35(21(18)12-20(30-16)19-14-28-9-6-23(19)38-5)24-13-22-25(33(3)27(36)32(22)2)26(31-24)34-10-7-17(37-4)8-11-34/h6,9,12-15,17H,7-8,10-11H2,1-5H3. The Balaban J connectivity index is 1.56. The number of methoxy groups -OCH3 is 2. The molecule has 0 saturated carbocycles. The summed E-state index contributed by atoms with van der Waals surface area (Å²) in [4.78, 5) is 29.4. The SMILES string of the molecule is COc1ccncc1-c1cc2c(cnn2-c2cc3c(c(N4CCC(OC)CC4)n2)n(C)c(=O)n3C)c(C)n1. The van der Waals surface area contributed by atoms with E-state index < -0.39 is 0 Å². The first-order chi connectivity index (χ1) is 18.4. The second-order valence-corrected chi connectivity index (χ2v) is 9.65. The lowest BCUT2D eigenvalue weighted by Crippen LogP contribution is -2.37. The molecule has 0 atom stereocenters. The van der Waals surface area contributed by atoms with E-state index in [9.17, 15) is 4.79 Å². The third-order valence-corrected chi connectivity index (χ3v) is 7.54. The molecule has 38 heavy (non-hydrogen) atoms. The van der Waals surface area contributed by atoms with Crippen LogP contribution in [-0.2, 0) is 18.8 Å². The van der Waals surface area contributed by atoms with E-state index in [-0.39, 0.29) is 11.8 Å². The van der Waals surface area contributed by atoms with E-state index in [2.05, 4.69) is 9.88 Å². The molecule has 196 valence electrons. The van der Waals surface area contributed by atoms with Gasteiger partial charge in [-0.1, -0.05) is 0 Å². The molecule has 0 bridgehead atoms. The van der Waals surface area contributed by atoms with Crippen molar-refractivity contribution >= 4 is 27.8 Å². The van der Waals surface area contributed by atoms with Crippen LogP contribution in [0.4, 0.5) is 5.82 Å². The molecule has 1 fully saturated rings. The molecule has 0 unspecified atom stereocenters. The first-order valence-electron chi connectivity index (χ1n) is 12.6. The maximum absolute atomic E-state index is 12.9. The van der Waals surface area contributed by atoms with Crippen molar-refractivity contribution in [1.82, 2.24) is 33.9 Å². The minimum Gasteiger partial charge on any atom is -0.496 e. The Labute approximate surface area is 219 Å². The summed E-state index contributed by atoms with van der Waals surface area (Å²) in [6.07, 6.45) is 7.28. The number of aromatic nitrogens is 7. The molecule has 0 N–H and O–H groups in total. The zero-order valence-electron chi connectivity index (χ0n) is 22.2. The van der Waals surface area contributed by atoms with Crippen molar-refractivity contribution in [3.63, 3.8) is 0 Å². The molecule has 6 heterocycles. The molecule has 5 aromatic heterocycles. The van der Waals surface area contributed by atoms with Gasteiger partial charge in [0, 0.05) is 63.8 Å². The van der Waals surface area contributed by atoms with Crippen LogP contribution >= 0.6 is 0 Å². The molecular formula is C27H30N8O3. The molecule has 6 rings (SSSR count). The van der Waals surface area contributed by atoms with E-state index in [1.54, 1.807) is 49.8 Å². The van der Waals surface area contributed by atoms with E-state index >= 15 is 0 Å². The monoisotopic (exact) mass is 514 g/mol. The third kappa shape index (κ3) is 3.73. The maximum Gasteiger partial charge on any atom is 0.328 e. The quantitative estimate of drug-likeness (QED) is 0.353. The van der Waals surface area contributed by atoms with Crippen molar-refractivity contribution < 1.29 is 9.47 Å². The largest absolute Gasteiger partial charge is 0.496 e. The molecule has 1 aliphatic rings. The lowest BCUT2D eigenvalue weighted by molar-refractivity contribution is 0.0818. The van der Waals surface area contributed by atoms with Gasteiger partial charge in [0.05, 0.1) is 41.7 Å². The Morgan fingerprint density at radius 2 is 1.79 bits per heavy atom. The number of anilines is 1. The van der Waals surface area contributed by atoms with Crippen molar-refractivity contribution in [3.05, 3.63) is 53.0 Å². The van der Waals surface area contributed by atoms with Crippen LogP contribution in [0.1, 0.15) is 18.5 Å². The first kappa shape index (κ1) is 24.1. The molecule has 0 radical (unpaired) electrons. The fraction of sp³-hybridized carbons (Fsp3) is 0.370. The number of fused-ring (bicyclic) bond motifs is 2. The van der Waals surface area contributed by atoms with E-state index in [0.29, 0.717) is 11.6 Å². The number of imidazole rings is 1. The molecule has 0 aliphatic carbocycles. The molecule has 1 aliphatic heterocycles. The predicted octanol–water partition coefficient (Wildman–Crippen LogP) is 3.00. The molecule has 0 spiro atoms. The second-order valence-electron chi connectivity index (χ2n) is 9.65. The van der Waals surface area contributed by atoms with Gasteiger partial charge in [0.1, 0.15) is 11.3 Å². The zero-order chi connectivity index (χ0) is 26.6. The molecule has 0 amide bonds. The topological polar surface area (TPSA) is 105 Å². The number of rotatable bonds is 5. The van der Waals surface area contributed by atoms with E-state index in [1.165, 1.54) is 0 Å². The van der Waals surface area contributed by atoms with Crippen LogP contribution in [0.5, 0.6) is 5.75 Å². The first-order valence-corrected chi connectivity index (χ1v) is 12.6. The number of hydrogen-bond donors (Lipinski definition) is 0. The number of pyridine rings is 3. The summed E-state index contributed by atoms with van der Waals surface area (Å²) in [7, 11) is 6.97. The number of piperidine rings is 1. The Morgan fingerprint density at radius 1 is 1.00 bits per heavy atom. The van der Waals surface area contributed by atoms with Crippen LogP contribution < -0.4 is 15.3 Å². The van der Waals surface area contributed by atoms with E-state index in [1.807, 2.05) is 36.0 Å². The van der Waals surface area contributed by atoms with Crippen molar-refractivity contribution in [1.29, 1.82) is 0 Å². The average molecular weight is 515 g/mol. The number of nitrogens with zero attached hydrogens (tertiary/aromatic N) is 8. The Bertz CT molecular complexity index is 1730. The van der Waals surface area contributed by atoms with Crippen molar-refractivity contribution in [2.75, 3.05) is 32.2 Å². The summed E-state index contributed by atoms with van der Waals surface area (Å²) in [5.74, 6) is 2.10. The van der Waals surface area contributed by atoms with Crippen molar-refractivity contribution in [2.45, 2.75) is 25.9 Å². The van der Waals surface area contributed by atoms with Gasteiger partial charge < -0.3 is 14.4 Å². The number of aryl methyl sites for hydroxylation is 3. The lowest BCUT2D eigenvalue weighted by Gasteiger charge is -2.32. The predicted molar refractivity (Wildman–Crippen MR) is 145 cm³/mol. The van der Waals surface area contributed by atoms with Gasteiger partial charge in [0.15, 0.2) is 11.6 Å². The highest BCUT2D eigenvalue weighted by molar-refractivity contribution is 5.90. The average Bonchev–Trinajstić information content (AvgIpc) is 3.48. The summed E-state index contributed by atoms with van der Waals surface area (Å²) in [5, 5.41) is 5.63. The smallest absolute Gasteiger partial charge is 0.328 e. The molecule has 11 heteroatoms. The van der Waals surface area contributed by atoms with Gasteiger partial charge in [0.25, 0.3) is 0 Å². The van der Waals surface area contributed by atoms with Crippen LogP contribution in [0.3, 0.4) is 0 Å². The molecule has 5 aromatic rings. The fourth-order valence-corrected chi connectivity index (χ4v) is 5.38. The van der Waals surface area contributed by atoms with Gasteiger partial charge in [-0.15, -0.1) is 0 Å². The van der Waals surface area contributed by atoms with Gasteiger partial charge in [-0.05, 0) is 31.9 Å². The van der Waals surface area contributed by atoms with Gasteiger partial charge in [-0.2, -0.15) is 5.10 Å². The molecule has 0 aromatic carbocycles. The zero-order valence-corrected chi connectivity index (χ0v) is 22.2. The van der Waals surface area contributed by atoms with Gasteiger partial charge in [-0.25, -0.2) is 14.5 Å². The van der Waals surface area contributed by atoms with Crippen LogP contribution in [0.15, 0.2) is 41.6 Å². The highest BCUT2D eigenvalue weighted by atomic mass is 16.5. The highest BCUT2D eigenvalue weighted by Gasteiger charge is 2.25. The normalized spacial score (nSPS) is 14.6. The van der Waals surface area contributed by atoms with Gasteiger partial charge in [0.2, 0.25) is 0 Å². The minimum atomic E-state index is -0.0942. The minimum absolute atomic E-state index is 0.0942. The van der Waals surface area contributed by atoms with Crippen LogP contribution in [0.2, 0.25) is 0 Å². The summed E-state index contributed by atoms with van der Waals surface area (Å²) in [6.45, 7) is 3.55. The Morgan fingerprint density at radius 3 is 2.53 bits per heavy atom. The lowest BCUT2D eigenvalue weighted by atomic mass is 10.1. The number of ether oxygens (including phenoxy) is 2. The van der Waals surface area contributed by atoms with Gasteiger partial charge >= 0.3 is 5.69 Å². The fourth-order valence-electron chi connectivity index (χ4n) is 5.38. The Kier molecular flexibility index (Phi) is 5.87. The summed E-state index contributed by atoms with van der Waals surface area (Å²) in [6, 6.07) is 5.72. The van der Waals surface area contributed by atoms with E-state index in [4.69, 9.17) is 24.5 Å². The van der Waals surface area contributed by atoms with Crippen LogP contribution in [0.25, 0.3) is 39.0 Å². The van der Waals surface area contributed by atoms with Crippen LogP contribution in [-0.4, -0.2) is 67.3 Å². The van der Waals surface area contributed by atoms with Crippen LogP contribution in [0, 0.1) is 6.92 Å². The summed E-state index contributed by atoms with van der Waals surface area (Å²) < 4.78 is 16.3. The van der Waals surface area contributed by atoms with Crippen molar-refractivity contribution in [3.8, 4) is 22.8 Å². The summed E-state index contributed by atoms with van der Waals surface area (Å²) >= 11 is 0. The third-order valence-electron chi connectivity index (χ3n) is 7.54. The van der Waals surface area contributed by atoms with E-state index in [0.717, 1.165) is 70.6 Å².